The summed E-state index contributed by atoms with van der Waals surface area (Å²) in [5.41, 5.74) is 6.07. The van der Waals surface area contributed by atoms with Crippen LogP contribution in [-0.4, -0.2) is 21.1 Å². The van der Waals surface area contributed by atoms with E-state index < -0.39 is 0 Å². The minimum Gasteiger partial charge on any atom is -0.505 e. The number of aromatic hydroxyl groups is 1. The fourth-order valence-electron chi connectivity index (χ4n) is 3.88. The number of rotatable bonds is 4. The summed E-state index contributed by atoms with van der Waals surface area (Å²) in [4.78, 5) is 4.79. The molecule has 4 rings (SSSR count). The molecule has 0 unspecified atom stereocenters. The van der Waals surface area contributed by atoms with Crippen LogP contribution in [0.5, 0.6) is 5.75 Å². The third kappa shape index (κ3) is 4.96. The van der Waals surface area contributed by atoms with Crippen LogP contribution in [0.3, 0.4) is 0 Å². The molecule has 4 heteroatoms. The Morgan fingerprint density at radius 1 is 0.824 bits per heavy atom. The summed E-state index contributed by atoms with van der Waals surface area (Å²) in [6.07, 6.45) is 3.79. The van der Waals surface area contributed by atoms with E-state index in [0.29, 0.717) is 5.69 Å². The fraction of sp³-hybridized carbons (Fsp3) is 0.267. The van der Waals surface area contributed by atoms with Crippen LogP contribution < -0.4 is 0 Å². The molecule has 0 atom stereocenters. The van der Waals surface area contributed by atoms with Crippen molar-refractivity contribution in [1.82, 2.24) is 9.78 Å². The second-order valence-corrected chi connectivity index (χ2v) is 10.7. The Labute approximate surface area is 202 Å². The smallest absolute Gasteiger partial charge is 0.144 e. The van der Waals surface area contributed by atoms with Crippen LogP contribution >= 0.6 is 0 Å². The van der Waals surface area contributed by atoms with Gasteiger partial charge in [-0.05, 0) is 34.6 Å². The lowest BCUT2D eigenvalue weighted by molar-refractivity contribution is 0.446. The van der Waals surface area contributed by atoms with Crippen LogP contribution in [0.1, 0.15) is 58.2 Å². The number of aliphatic imine (C=N–C) groups is 1. The molecule has 0 bridgehead atoms. The van der Waals surface area contributed by atoms with Gasteiger partial charge in [-0.2, -0.15) is 5.10 Å². The van der Waals surface area contributed by atoms with Crippen LogP contribution in [0.2, 0.25) is 0 Å². The Bertz CT molecular complexity index is 1310. The van der Waals surface area contributed by atoms with E-state index in [2.05, 4.69) is 47.6 Å². The molecule has 4 nitrogen and oxygen atoms in total. The quantitative estimate of drug-likeness (QED) is 0.325. The molecule has 0 saturated carbocycles. The van der Waals surface area contributed by atoms with E-state index in [4.69, 9.17) is 10.1 Å². The van der Waals surface area contributed by atoms with Crippen LogP contribution in [0, 0.1) is 0 Å². The molecule has 4 aromatic rings. The molecule has 34 heavy (non-hydrogen) atoms. The predicted octanol–water partition coefficient (Wildman–Crippen LogP) is 7.59. The van der Waals surface area contributed by atoms with Gasteiger partial charge in [0, 0.05) is 29.1 Å². The standard InChI is InChI=1S/C30H33N3O/c1-29(2,3)23-17-25(30(4,5)6)28(34)26(18-23)31-19-22-20-33(24-15-11-8-12-16-24)32-27(22)21-13-9-7-10-14-21/h7-20,34H,1-6H3. The van der Waals surface area contributed by atoms with Gasteiger partial charge < -0.3 is 5.11 Å². The van der Waals surface area contributed by atoms with E-state index in [1.165, 1.54) is 0 Å². The van der Waals surface area contributed by atoms with Gasteiger partial charge in [-0.25, -0.2) is 4.68 Å². The number of aromatic nitrogens is 2. The molecule has 0 saturated heterocycles. The molecule has 3 aromatic carbocycles. The molecular weight excluding hydrogens is 418 g/mol. The highest BCUT2D eigenvalue weighted by molar-refractivity contribution is 5.90. The van der Waals surface area contributed by atoms with Crippen molar-refractivity contribution in [1.29, 1.82) is 0 Å². The highest BCUT2D eigenvalue weighted by atomic mass is 16.3. The van der Waals surface area contributed by atoms with Crippen molar-refractivity contribution >= 4 is 11.9 Å². The monoisotopic (exact) mass is 451 g/mol. The van der Waals surface area contributed by atoms with Crippen LogP contribution in [0.15, 0.2) is 84.0 Å². The third-order valence-corrected chi connectivity index (χ3v) is 5.92. The van der Waals surface area contributed by atoms with Crippen molar-refractivity contribution in [3.63, 3.8) is 0 Å². The largest absolute Gasteiger partial charge is 0.505 e. The lowest BCUT2D eigenvalue weighted by Crippen LogP contribution is -2.16. The number of phenols is 1. The average molecular weight is 452 g/mol. The first-order valence-electron chi connectivity index (χ1n) is 11.7. The van der Waals surface area contributed by atoms with Gasteiger partial charge in [0.2, 0.25) is 0 Å². The Kier molecular flexibility index (Phi) is 6.18. The van der Waals surface area contributed by atoms with Crippen molar-refractivity contribution in [2.45, 2.75) is 52.4 Å². The van der Waals surface area contributed by atoms with E-state index in [-0.39, 0.29) is 16.6 Å². The van der Waals surface area contributed by atoms with Gasteiger partial charge in [-0.1, -0.05) is 96.1 Å². The Morgan fingerprint density at radius 3 is 2.03 bits per heavy atom. The first kappa shape index (κ1) is 23.5. The van der Waals surface area contributed by atoms with Crippen LogP contribution in [0.25, 0.3) is 16.9 Å². The summed E-state index contributed by atoms with van der Waals surface area (Å²) in [6, 6.07) is 24.2. The van der Waals surface area contributed by atoms with Crippen molar-refractivity contribution < 1.29 is 5.11 Å². The van der Waals surface area contributed by atoms with E-state index in [9.17, 15) is 5.11 Å². The second-order valence-electron chi connectivity index (χ2n) is 10.7. The average Bonchev–Trinajstić information content (AvgIpc) is 3.22. The zero-order valence-electron chi connectivity index (χ0n) is 20.9. The molecule has 0 amide bonds. The molecule has 174 valence electrons. The Balaban J connectivity index is 1.85. The molecule has 0 aliphatic heterocycles. The zero-order valence-corrected chi connectivity index (χ0v) is 20.9. The maximum Gasteiger partial charge on any atom is 0.144 e. The maximum absolute atomic E-state index is 11.1. The summed E-state index contributed by atoms with van der Waals surface area (Å²) in [6.45, 7) is 12.9. The number of hydrogen-bond acceptors (Lipinski definition) is 3. The molecular formula is C30H33N3O. The lowest BCUT2D eigenvalue weighted by Gasteiger charge is -2.26. The van der Waals surface area contributed by atoms with Crippen molar-refractivity contribution in [2.24, 2.45) is 4.99 Å². The van der Waals surface area contributed by atoms with Crippen molar-refractivity contribution in [3.8, 4) is 22.7 Å². The Hall–Kier alpha value is -3.66. The summed E-state index contributed by atoms with van der Waals surface area (Å²) < 4.78 is 1.87. The first-order valence-corrected chi connectivity index (χ1v) is 11.7. The highest BCUT2D eigenvalue weighted by Crippen LogP contribution is 2.41. The zero-order chi connectivity index (χ0) is 24.5. The lowest BCUT2D eigenvalue weighted by atomic mass is 9.80. The number of para-hydroxylation sites is 1. The molecule has 0 aliphatic carbocycles. The molecule has 1 heterocycles. The van der Waals surface area contributed by atoms with E-state index in [0.717, 1.165) is 33.6 Å². The van der Waals surface area contributed by atoms with Crippen LogP contribution in [-0.2, 0) is 10.8 Å². The number of nitrogens with zero attached hydrogens (tertiary/aromatic N) is 3. The van der Waals surface area contributed by atoms with Crippen LogP contribution in [0.4, 0.5) is 5.69 Å². The predicted molar refractivity (Wildman–Crippen MR) is 142 cm³/mol. The second kappa shape index (κ2) is 8.94. The normalized spacial score (nSPS) is 12.4. The van der Waals surface area contributed by atoms with E-state index in [1.54, 1.807) is 0 Å². The van der Waals surface area contributed by atoms with Gasteiger partial charge >= 0.3 is 0 Å². The highest BCUT2D eigenvalue weighted by Gasteiger charge is 2.25. The van der Waals surface area contributed by atoms with Gasteiger partial charge in [0.05, 0.1) is 5.69 Å². The fourth-order valence-corrected chi connectivity index (χ4v) is 3.88. The third-order valence-electron chi connectivity index (χ3n) is 5.92. The molecule has 0 fully saturated rings. The molecule has 1 N–H and O–H groups in total. The maximum atomic E-state index is 11.1. The summed E-state index contributed by atoms with van der Waals surface area (Å²) >= 11 is 0. The SMILES string of the molecule is CC(C)(C)c1cc(N=Cc2cn(-c3ccccc3)nc2-c2ccccc2)c(O)c(C(C)(C)C)c1. The number of hydrogen-bond donors (Lipinski definition) is 1. The van der Waals surface area contributed by atoms with Gasteiger partial charge in [0.25, 0.3) is 0 Å². The van der Waals surface area contributed by atoms with E-state index >= 15 is 0 Å². The molecule has 0 radical (unpaired) electrons. The molecule has 0 spiro atoms. The van der Waals surface area contributed by atoms with Crippen molar-refractivity contribution in [2.75, 3.05) is 0 Å². The van der Waals surface area contributed by atoms with Gasteiger partial charge in [0.1, 0.15) is 17.1 Å². The minimum atomic E-state index is -0.205. The molecule has 0 aliphatic rings. The topological polar surface area (TPSA) is 50.4 Å². The minimum absolute atomic E-state index is 0.0641. The van der Waals surface area contributed by atoms with Gasteiger partial charge in [-0.15, -0.1) is 0 Å². The molecule has 1 aromatic heterocycles. The van der Waals surface area contributed by atoms with E-state index in [1.807, 2.05) is 83.8 Å². The summed E-state index contributed by atoms with van der Waals surface area (Å²) in [5.74, 6) is 0.230. The van der Waals surface area contributed by atoms with Crippen molar-refractivity contribution in [3.05, 3.63) is 95.7 Å². The summed E-state index contributed by atoms with van der Waals surface area (Å²) in [7, 11) is 0. The number of phenolic OH excluding ortho intramolecular Hbond substituents is 1. The summed E-state index contributed by atoms with van der Waals surface area (Å²) in [5, 5.41) is 16.0. The first-order chi connectivity index (χ1) is 16.0. The Morgan fingerprint density at radius 2 is 1.44 bits per heavy atom. The number of benzene rings is 3. The van der Waals surface area contributed by atoms with Gasteiger partial charge in [-0.3, -0.25) is 4.99 Å². The van der Waals surface area contributed by atoms with Gasteiger partial charge in [0.15, 0.2) is 0 Å².